The minimum atomic E-state index is -0.205. The maximum absolute atomic E-state index is 12.0. The molecule has 2 heterocycles. The number of carbonyl (C=O) groups excluding carboxylic acids is 1. The number of benzene rings is 1. The smallest absolute Gasteiger partial charge is 0.252 e. The zero-order valence-corrected chi connectivity index (χ0v) is 14.8. The van der Waals surface area contributed by atoms with E-state index in [2.05, 4.69) is 27.3 Å². The number of aromatic amines is 1. The molecule has 1 aromatic heterocycles. The van der Waals surface area contributed by atoms with Gasteiger partial charge < -0.3 is 15.2 Å². The number of piperidine rings is 1. The largest absolute Gasteiger partial charge is 0.372 e. The molecule has 25 heavy (non-hydrogen) atoms. The third-order valence-electron chi connectivity index (χ3n) is 4.69. The molecule has 2 aromatic rings. The van der Waals surface area contributed by atoms with E-state index in [1.54, 1.807) is 6.07 Å². The van der Waals surface area contributed by atoms with Crippen molar-refractivity contribution >= 4 is 23.2 Å². The summed E-state index contributed by atoms with van der Waals surface area (Å²) in [4.78, 5) is 27.9. The van der Waals surface area contributed by atoms with Gasteiger partial charge in [0.25, 0.3) is 5.91 Å². The molecular weight excluding hydrogens is 338 g/mol. The van der Waals surface area contributed by atoms with Gasteiger partial charge in [0, 0.05) is 42.6 Å². The van der Waals surface area contributed by atoms with Gasteiger partial charge in [0.15, 0.2) is 0 Å². The standard InChI is InChI=1S/C19H22ClN3O2/c20-16-2-4-17(5-3-16)23-11-8-14(9-12-23)7-10-21-19(25)15-1-6-18(24)22-13-15/h1-6,13-14H,7-12H2,(H,21,25)(H,22,24). The first-order valence-electron chi connectivity index (χ1n) is 8.59. The predicted octanol–water partition coefficient (Wildman–Crippen LogP) is 3.06. The molecule has 3 rings (SSSR count). The normalized spacial score (nSPS) is 15.2. The average Bonchev–Trinajstić information content (AvgIpc) is 2.63. The predicted molar refractivity (Wildman–Crippen MR) is 100 cm³/mol. The fourth-order valence-corrected chi connectivity index (χ4v) is 3.30. The highest BCUT2D eigenvalue weighted by Crippen LogP contribution is 2.25. The molecule has 1 aliphatic heterocycles. The van der Waals surface area contributed by atoms with Gasteiger partial charge in [-0.1, -0.05) is 11.6 Å². The minimum Gasteiger partial charge on any atom is -0.372 e. The maximum atomic E-state index is 12.0. The summed E-state index contributed by atoms with van der Waals surface area (Å²) in [6, 6.07) is 10.9. The van der Waals surface area contributed by atoms with Crippen LogP contribution in [0.3, 0.4) is 0 Å². The number of aromatic nitrogens is 1. The third kappa shape index (κ3) is 4.86. The Balaban J connectivity index is 1.40. The van der Waals surface area contributed by atoms with Gasteiger partial charge in [-0.15, -0.1) is 0 Å². The average molecular weight is 360 g/mol. The number of anilines is 1. The molecule has 1 amide bonds. The Kier molecular flexibility index (Phi) is 5.76. The minimum absolute atomic E-state index is 0.144. The summed E-state index contributed by atoms with van der Waals surface area (Å²) in [7, 11) is 0. The first kappa shape index (κ1) is 17.5. The highest BCUT2D eigenvalue weighted by molar-refractivity contribution is 6.30. The Morgan fingerprint density at radius 1 is 1.16 bits per heavy atom. The molecule has 0 saturated carbocycles. The zero-order chi connectivity index (χ0) is 17.6. The van der Waals surface area contributed by atoms with Crippen molar-refractivity contribution in [2.24, 2.45) is 5.92 Å². The number of halogens is 1. The summed E-state index contributed by atoms with van der Waals surface area (Å²) in [5.41, 5.74) is 1.50. The fraction of sp³-hybridized carbons (Fsp3) is 0.368. The summed E-state index contributed by atoms with van der Waals surface area (Å²) in [6.45, 7) is 2.71. The Morgan fingerprint density at radius 2 is 1.88 bits per heavy atom. The van der Waals surface area contributed by atoms with Gasteiger partial charge in [-0.25, -0.2) is 0 Å². The molecule has 1 saturated heterocycles. The second-order valence-corrected chi connectivity index (χ2v) is 6.83. The van der Waals surface area contributed by atoms with Crippen LogP contribution in [0.5, 0.6) is 0 Å². The van der Waals surface area contributed by atoms with Gasteiger partial charge in [0.2, 0.25) is 5.56 Å². The van der Waals surface area contributed by atoms with Crippen LogP contribution in [-0.2, 0) is 0 Å². The van der Waals surface area contributed by atoms with Gasteiger partial charge in [-0.3, -0.25) is 9.59 Å². The van der Waals surface area contributed by atoms with Crippen LogP contribution < -0.4 is 15.8 Å². The number of amides is 1. The molecule has 0 aliphatic carbocycles. The number of pyridine rings is 1. The molecule has 0 atom stereocenters. The van der Waals surface area contributed by atoms with Crippen molar-refractivity contribution in [3.63, 3.8) is 0 Å². The summed E-state index contributed by atoms with van der Waals surface area (Å²) in [5.74, 6) is 0.481. The monoisotopic (exact) mass is 359 g/mol. The van der Waals surface area contributed by atoms with Crippen LogP contribution in [-0.4, -0.2) is 30.5 Å². The van der Waals surface area contributed by atoms with Crippen molar-refractivity contribution in [2.75, 3.05) is 24.5 Å². The SMILES string of the molecule is O=C(NCCC1CCN(c2ccc(Cl)cc2)CC1)c1ccc(=O)[nH]c1. The number of rotatable bonds is 5. The van der Waals surface area contributed by atoms with Crippen molar-refractivity contribution < 1.29 is 4.79 Å². The van der Waals surface area contributed by atoms with Crippen molar-refractivity contribution in [1.82, 2.24) is 10.3 Å². The van der Waals surface area contributed by atoms with Gasteiger partial charge in [-0.2, -0.15) is 0 Å². The first-order chi connectivity index (χ1) is 12.1. The van der Waals surface area contributed by atoms with Gasteiger partial charge >= 0.3 is 0 Å². The van der Waals surface area contributed by atoms with Crippen LogP contribution >= 0.6 is 11.6 Å². The topological polar surface area (TPSA) is 65.2 Å². The highest BCUT2D eigenvalue weighted by Gasteiger charge is 2.19. The molecule has 1 aromatic carbocycles. The lowest BCUT2D eigenvalue weighted by Crippen LogP contribution is -2.35. The molecule has 1 fully saturated rings. The van der Waals surface area contributed by atoms with E-state index >= 15 is 0 Å². The number of H-pyrrole nitrogens is 1. The van der Waals surface area contributed by atoms with Crippen LogP contribution in [0, 0.1) is 5.92 Å². The van der Waals surface area contributed by atoms with E-state index in [1.807, 2.05) is 12.1 Å². The van der Waals surface area contributed by atoms with E-state index in [-0.39, 0.29) is 11.5 Å². The number of hydrogen-bond acceptors (Lipinski definition) is 3. The van der Waals surface area contributed by atoms with E-state index < -0.39 is 0 Å². The fourth-order valence-electron chi connectivity index (χ4n) is 3.18. The highest BCUT2D eigenvalue weighted by atomic mass is 35.5. The van der Waals surface area contributed by atoms with E-state index in [9.17, 15) is 9.59 Å². The second kappa shape index (κ2) is 8.21. The summed E-state index contributed by atoms with van der Waals surface area (Å²) < 4.78 is 0. The van der Waals surface area contributed by atoms with E-state index in [4.69, 9.17) is 11.6 Å². The molecule has 132 valence electrons. The van der Waals surface area contributed by atoms with Crippen LogP contribution in [0.25, 0.3) is 0 Å². The summed E-state index contributed by atoms with van der Waals surface area (Å²) in [5, 5.41) is 3.69. The lowest BCUT2D eigenvalue weighted by atomic mass is 9.93. The van der Waals surface area contributed by atoms with Crippen molar-refractivity contribution in [2.45, 2.75) is 19.3 Å². The van der Waals surface area contributed by atoms with Gasteiger partial charge in [0.1, 0.15) is 0 Å². The lowest BCUT2D eigenvalue weighted by Gasteiger charge is -2.33. The van der Waals surface area contributed by atoms with Crippen LogP contribution in [0.2, 0.25) is 5.02 Å². The van der Waals surface area contributed by atoms with Crippen molar-refractivity contribution in [3.8, 4) is 0 Å². The lowest BCUT2D eigenvalue weighted by molar-refractivity contribution is 0.0950. The van der Waals surface area contributed by atoms with Gasteiger partial charge in [0.05, 0.1) is 5.56 Å². The van der Waals surface area contributed by atoms with E-state index in [0.29, 0.717) is 18.0 Å². The molecule has 2 N–H and O–H groups in total. The molecular formula is C19H22ClN3O2. The second-order valence-electron chi connectivity index (χ2n) is 6.39. The quantitative estimate of drug-likeness (QED) is 0.862. The molecule has 0 unspecified atom stereocenters. The molecule has 5 nitrogen and oxygen atoms in total. The first-order valence-corrected chi connectivity index (χ1v) is 8.97. The number of hydrogen-bond donors (Lipinski definition) is 2. The number of carbonyl (C=O) groups is 1. The van der Waals surface area contributed by atoms with Crippen molar-refractivity contribution in [3.05, 3.63) is 63.5 Å². The molecule has 0 bridgehead atoms. The Bertz CT molecular complexity index is 744. The molecule has 0 spiro atoms. The van der Waals surface area contributed by atoms with Crippen LogP contribution in [0.1, 0.15) is 29.6 Å². The Labute approximate surface area is 152 Å². The Morgan fingerprint density at radius 3 is 2.52 bits per heavy atom. The number of nitrogens with zero attached hydrogens (tertiary/aromatic N) is 1. The third-order valence-corrected chi connectivity index (χ3v) is 4.94. The van der Waals surface area contributed by atoms with Crippen LogP contribution in [0.15, 0.2) is 47.4 Å². The van der Waals surface area contributed by atoms with E-state index in [1.165, 1.54) is 18.0 Å². The molecule has 0 radical (unpaired) electrons. The number of nitrogens with one attached hydrogen (secondary N) is 2. The summed E-state index contributed by atoms with van der Waals surface area (Å²) in [6.07, 6.45) is 4.67. The zero-order valence-electron chi connectivity index (χ0n) is 14.0. The molecule has 6 heteroatoms. The molecule has 1 aliphatic rings. The van der Waals surface area contributed by atoms with Gasteiger partial charge in [-0.05, 0) is 55.5 Å². The van der Waals surface area contributed by atoms with Crippen molar-refractivity contribution in [1.29, 1.82) is 0 Å². The maximum Gasteiger partial charge on any atom is 0.252 e. The Hall–Kier alpha value is -2.27. The summed E-state index contributed by atoms with van der Waals surface area (Å²) >= 11 is 5.94. The van der Waals surface area contributed by atoms with E-state index in [0.717, 1.165) is 37.4 Å². The van der Waals surface area contributed by atoms with Crippen LogP contribution in [0.4, 0.5) is 5.69 Å².